The Balaban J connectivity index is 1.54. The lowest BCUT2D eigenvalue weighted by atomic mass is 10.2. The van der Waals surface area contributed by atoms with Crippen molar-refractivity contribution >= 4 is 20.2 Å². The monoisotopic (exact) mass is 502 g/mol. The number of aryl methyl sites for hydroxylation is 2. The summed E-state index contributed by atoms with van der Waals surface area (Å²) in [5, 5.41) is 0. The van der Waals surface area contributed by atoms with Gasteiger partial charge in [-0.15, -0.1) is 0 Å². The van der Waals surface area contributed by atoms with Gasteiger partial charge in [0.2, 0.25) is 0 Å². The lowest BCUT2D eigenvalue weighted by molar-refractivity contribution is 0.308. The number of unbranched alkanes of at least 4 members (excludes halogenated alkanes) is 4. The molecule has 6 nitrogen and oxygen atoms in total. The van der Waals surface area contributed by atoms with Gasteiger partial charge in [-0.25, -0.2) is 0 Å². The van der Waals surface area contributed by atoms with E-state index in [2.05, 4.69) is 23.7 Å². The molecule has 0 fully saturated rings. The second-order valence-electron chi connectivity index (χ2n) is 7.70. The first kappa shape index (κ1) is 27.6. The van der Waals surface area contributed by atoms with Crippen LogP contribution in [0, 0.1) is 37.5 Å². The maximum absolute atomic E-state index is 12.1. The number of hydrogen-bond acceptors (Lipinski definition) is 6. The van der Waals surface area contributed by atoms with E-state index in [9.17, 15) is 16.8 Å². The molecule has 0 saturated carbocycles. The molecular weight excluding hydrogens is 472 g/mol. The molecule has 0 aliphatic heterocycles. The van der Waals surface area contributed by atoms with E-state index in [1.165, 1.54) is 24.3 Å². The van der Waals surface area contributed by atoms with E-state index in [0.29, 0.717) is 38.5 Å². The largest absolute Gasteiger partial charge is 0.296 e. The third-order valence-electron chi connectivity index (χ3n) is 4.73. The van der Waals surface area contributed by atoms with E-state index in [4.69, 9.17) is 8.37 Å². The van der Waals surface area contributed by atoms with Crippen molar-refractivity contribution in [2.24, 2.45) is 0 Å². The molecule has 2 aromatic carbocycles. The molecule has 0 spiro atoms. The molecule has 0 bridgehead atoms. The summed E-state index contributed by atoms with van der Waals surface area (Å²) in [6, 6.07) is 13.1. The lowest BCUT2D eigenvalue weighted by Gasteiger charge is -2.05. The van der Waals surface area contributed by atoms with Crippen molar-refractivity contribution < 1.29 is 25.2 Å². The average molecular weight is 503 g/mol. The van der Waals surface area contributed by atoms with Crippen LogP contribution in [-0.4, -0.2) is 30.0 Å². The van der Waals surface area contributed by atoms with Crippen LogP contribution >= 0.6 is 0 Å². The fourth-order valence-electron chi connectivity index (χ4n) is 2.73. The normalized spacial score (nSPS) is 11.2. The van der Waals surface area contributed by atoms with E-state index in [1.54, 1.807) is 24.3 Å². The first-order chi connectivity index (χ1) is 16.2. The van der Waals surface area contributed by atoms with E-state index in [0.717, 1.165) is 11.1 Å². The molecule has 34 heavy (non-hydrogen) atoms. The van der Waals surface area contributed by atoms with Gasteiger partial charge in [0.15, 0.2) is 0 Å². The maximum Gasteiger partial charge on any atom is 0.296 e. The van der Waals surface area contributed by atoms with Crippen LogP contribution in [0.3, 0.4) is 0 Å². The SMILES string of the molecule is Cc1ccc(S(=O)(=O)OCCCCC#CC#CCCCCOS(=O)(=O)c2ccc(C)cc2)cc1. The minimum absolute atomic E-state index is 0.116. The molecule has 0 saturated heterocycles. The van der Waals surface area contributed by atoms with Crippen LogP contribution in [0.15, 0.2) is 58.3 Å². The molecule has 0 unspecified atom stereocenters. The standard InChI is InChI=1S/C26H30O6S2/c1-23-13-17-25(18-14-23)33(27,28)31-21-11-9-7-5-3-4-6-8-10-12-22-32-34(29,30)26-19-15-24(2)16-20-26/h13-20H,7-12,21-22H2,1-2H3. The Labute approximate surface area is 203 Å². The molecule has 2 aromatic rings. The zero-order valence-electron chi connectivity index (χ0n) is 19.5. The van der Waals surface area contributed by atoms with Crippen LogP contribution in [0.1, 0.15) is 49.7 Å². The fraction of sp³-hybridized carbons (Fsp3) is 0.385. The Bertz CT molecular complexity index is 1140. The summed E-state index contributed by atoms with van der Waals surface area (Å²) in [5.41, 5.74) is 1.97. The van der Waals surface area contributed by atoms with E-state index in [1.807, 2.05) is 13.8 Å². The van der Waals surface area contributed by atoms with Gasteiger partial charge in [-0.1, -0.05) is 47.2 Å². The van der Waals surface area contributed by atoms with Gasteiger partial charge in [-0.05, 0) is 75.6 Å². The molecule has 0 amide bonds. The lowest BCUT2D eigenvalue weighted by Crippen LogP contribution is -2.07. The van der Waals surface area contributed by atoms with Gasteiger partial charge in [0.25, 0.3) is 20.2 Å². The van der Waals surface area contributed by atoms with Crippen molar-refractivity contribution in [3.8, 4) is 23.7 Å². The number of hydrogen-bond donors (Lipinski definition) is 0. The first-order valence-electron chi connectivity index (χ1n) is 11.1. The summed E-state index contributed by atoms with van der Waals surface area (Å²) >= 11 is 0. The average Bonchev–Trinajstić information content (AvgIpc) is 2.80. The summed E-state index contributed by atoms with van der Waals surface area (Å²) in [6.45, 7) is 4.01. The molecule has 0 heterocycles. The van der Waals surface area contributed by atoms with Gasteiger partial charge in [0, 0.05) is 12.8 Å². The second-order valence-corrected chi connectivity index (χ2v) is 10.9. The summed E-state index contributed by atoms with van der Waals surface area (Å²) in [5.74, 6) is 11.4. The molecule has 0 N–H and O–H groups in total. The summed E-state index contributed by atoms with van der Waals surface area (Å²) in [7, 11) is -7.43. The predicted octanol–water partition coefficient (Wildman–Crippen LogP) is 4.76. The third kappa shape index (κ3) is 10.1. The Kier molecular flexibility index (Phi) is 11.3. The fourth-order valence-corrected chi connectivity index (χ4v) is 4.61. The molecule has 0 aromatic heterocycles. The van der Waals surface area contributed by atoms with Crippen LogP contribution in [0.25, 0.3) is 0 Å². The van der Waals surface area contributed by atoms with Gasteiger partial charge in [-0.2, -0.15) is 16.8 Å². The highest BCUT2D eigenvalue weighted by Crippen LogP contribution is 2.15. The molecule has 2 rings (SSSR count). The molecule has 0 aliphatic carbocycles. The van der Waals surface area contributed by atoms with Gasteiger partial charge in [0.1, 0.15) is 0 Å². The van der Waals surface area contributed by atoms with Crippen LogP contribution in [0.2, 0.25) is 0 Å². The van der Waals surface area contributed by atoms with Gasteiger partial charge >= 0.3 is 0 Å². The summed E-state index contributed by atoms with van der Waals surface area (Å²) < 4.78 is 58.3. The smallest absolute Gasteiger partial charge is 0.266 e. The maximum atomic E-state index is 12.1. The summed E-state index contributed by atoms with van der Waals surface area (Å²) in [6.07, 6.45) is 3.80. The number of rotatable bonds is 12. The molecule has 8 heteroatoms. The third-order valence-corrected chi connectivity index (χ3v) is 7.38. The minimum Gasteiger partial charge on any atom is -0.266 e. The Morgan fingerprint density at radius 2 is 0.941 bits per heavy atom. The van der Waals surface area contributed by atoms with E-state index in [-0.39, 0.29) is 23.0 Å². The Hall–Kier alpha value is -2.62. The molecule has 182 valence electrons. The van der Waals surface area contributed by atoms with Gasteiger partial charge in [0.05, 0.1) is 23.0 Å². The highest BCUT2D eigenvalue weighted by Gasteiger charge is 2.15. The van der Waals surface area contributed by atoms with E-state index >= 15 is 0 Å². The van der Waals surface area contributed by atoms with Crippen molar-refractivity contribution in [1.29, 1.82) is 0 Å². The number of benzene rings is 2. The first-order valence-corrected chi connectivity index (χ1v) is 13.9. The summed E-state index contributed by atoms with van der Waals surface area (Å²) in [4.78, 5) is 0.320. The zero-order valence-corrected chi connectivity index (χ0v) is 21.2. The molecule has 0 radical (unpaired) electrons. The predicted molar refractivity (Wildman–Crippen MR) is 132 cm³/mol. The molecular formula is C26H30O6S2. The highest BCUT2D eigenvalue weighted by molar-refractivity contribution is 7.87. The van der Waals surface area contributed by atoms with Crippen molar-refractivity contribution in [3.63, 3.8) is 0 Å². The quantitative estimate of drug-likeness (QED) is 0.236. The van der Waals surface area contributed by atoms with Crippen molar-refractivity contribution in [2.75, 3.05) is 13.2 Å². The molecule has 0 atom stereocenters. The van der Waals surface area contributed by atoms with E-state index < -0.39 is 20.2 Å². The Morgan fingerprint density at radius 3 is 1.29 bits per heavy atom. The van der Waals surface area contributed by atoms with Gasteiger partial charge < -0.3 is 0 Å². The zero-order chi connectivity index (χ0) is 24.9. The van der Waals surface area contributed by atoms with Crippen LogP contribution in [-0.2, 0) is 28.6 Å². The molecule has 0 aliphatic rings. The Morgan fingerprint density at radius 1 is 0.588 bits per heavy atom. The van der Waals surface area contributed by atoms with Crippen molar-refractivity contribution in [3.05, 3.63) is 59.7 Å². The van der Waals surface area contributed by atoms with Crippen LogP contribution in [0.4, 0.5) is 0 Å². The van der Waals surface area contributed by atoms with Crippen molar-refractivity contribution in [1.82, 2.24) is 0 Å². The minimum atomic E-state index is -3.72. The second kappa shape index (κ2) is 13.9. The van der Waals surface area contributed by atoms with Gasteiger partial charge in [-0.3, -0.25) is 8.37 Å². The highest BCUT2D eigenvalue weighted by atomic mass is 32.2. The van der Waals surface area contributed by atoms with Crippen LogP contribution < -0.4 is 0 Å². The topological polar surface area (TPSA) is 86.7 Å². The van der Waals surface area contributed by atoms with Crippen molar-refractivity contribution in [2.45, 2.75) is 62.2 Å². The van der Waals surface area contributed by atoms with Crippen LogP contribution in [0.5, 0.6) is 0 Å².